The van der Waals surface area contributed by atoms with Gasteiger partial charge in [-0.2, -0.15) is 0 Å². The van der Waals surface area contributed by atoms with Crippen molar-refractivity contribution in [1.29, 1.82) is 0 Å². The van der Waals surface area contributed by atoms with Crippen LogP contribution in [0.15, 0.2) is 29.2 Å². The Morgan fingerprint density at radius 3 is 2.42 bits per heavy atom. The third-order valence-corrected chi connectivity index (χ3v) is 3.76. The van der Waals surface area contributed by atoms with Crippen LogP contribution < -0.4 is 11.1 Å². The van der Waals surface area contributed by atoms with E-state index < -0.39 is 15.9 Å². The maximum absolute atomic E-state index is 11.9. The number of benzene rings is 1. The lowest BCUT2D eigenvalue weighted by Crippen LogP contribution is -2.36. The minimum Gasteiger partial charge on any atom is -0.324 e. The first-order valence-electron chi connectivity index (χ1n) is 6.07. The van der Waals surface area contributed by atoms with Crippen LogP contribution in [0.5, 0.6) is 0 Å². The summed E-state index contributed by atoms with van der Waals surface area (Å²) in [7, 11) is -3.38. The minimum atomic E-state index is -3.38. The Hall–Kier alpha value is -1.40. The highest BCUT2D eigenvalue weighted by Gasteiger charge is 2.18. The number of carbonyl (C=O) groups is 1. The summed E-state index contributed by atoms with van der Waals surface area (Å²) >= 11 is 0. The lowest BCUT2D eigenvalue weighted by Gasteiger charge is -2.15. The molecule has 3 N–H and O–H groups in total. The molecule has 0 aromatic heterocycles. The van der Waals surface area contributed by atoms with Crippen LogP contribution in [0.3, 0.4) is 0 Å². The van der Waals surface area contributed by atoms with E-state index in [2.05, 4.69) is 5.32 Å². The summed E-state index contributed by atoms with van der Waals surface area (Å²) in [6.07, 6.45) is 1.65. The Morgan fingerprint density at radius 2 is 1.89 bits per heavy atom. The molecule has 0 saturated heterocycles. The normalized spacial score (nSPS) is 13.3. The first-order chi connectivity index (χ1) is 8.71. The first kappa shape index (κ1) is 15.7. The molecule has 0 fully saturated rings. The van der Waals surface area contributed by atoms with E-state index in [1.807, 2.05) is 13.8 Å². The van der Waals surface area contributed by atoms with Crippen molar-refractivity contribution in [2.24, 2.45) is 11.7 Å². The summed E-state index contributed by atoms with van der Waals surface area (Å²) in [5.74, 6) is -0.0734. The molecule has 0 saturated carbocycles. The van der Waals surface area contributed by atoms with Crippen LogP contribution in [-0.2, 0) is 14.6 Å². The molecule has 106 valence electrons. The molecule has 1 unspecified atom stereocenters. The van der Waals surface area contributed by atoms with E-state index in [-0.39, 0.29) is 16.5 Å². The lowest BCUT2D eigenvalue weighted by molar-refractivity contribution is -0.117. The van der Waals surface area contributed by atoms with Gasteiger partial charge in [0, 0.05) is 6.26 Å². The van der Waals surface area contributed by atoms with Crippen LogP contribution >= 0.6 is 0 Å². The number of para-hydroxylation sites is 1. The van der Waals surface area contributed by atoms with Gasteiger partial charge in [0.2, 0.25) is 5.91 Å². The van der Waals surface area contributed by atoms with Crippen molar-refractivity contribution in [3.8, 4) is 0 Å². The van der Waals surface area contributed by atoms with Gasteiger partial charge < -0.3 is 11.1 Å². The molecule has 1 aromatic carbocycles. The van der Waals surface area contributed by atoms with Gasteiger partial charge in [0.15, 0.2) is 9.84 Å². The average molecular weight is 284 g/mol. The summed E-state index contributed by atoms with van der Waals surface area (Å²) in [6.45, 7) is 3.94. The van der Waals surface area contributed by atoms with Crippen molar-refractivity contribution in [1.82, 2.24) is 0 Å². The zero-order valence-electron chi connectivity index (χ0n) is 11.4. The quantitative estimate of drug-likeness (QED) is 0.855. The molecular formula is C13H20N2O3S. The molecule has 5 nitrogen and oxygen atoms in total. The number of nitrogens with one attached hydrogen (secondary N) is 1. The molecule has 0 spiro atoms. The van der Waals surface area contributed by atoms with Gasteiger partial charge >= 0.3 is 0 Å². The number of carbonyl (C=O) groups excluding carboxylic acids is 1. The SMILES string of the molecule is CC(C)CC(N)C(=O)Nc1ccccc1S(C)(=O)=O. The van der Waals surface area contributed by atoms with E-state index in [0.29, 0.717) is 12.3 Å². The van der Waals surface area contributed by atoms with Gasteiger partial charge in [0.1, 0.15) is 0 Å². The van der Waals surface area contributed by atoms with Gasteiger partial charge in [-0.1, -0.05) is 26.0 Å². The molecule has 0 bridgehead atoms. The number of anilines is 1. The van der Waals surface area contributed by atoms with Crippen LogP contribution in [0.4, 0.5) is 5.69 Å². The van der Waals surface area contributed by atoms with Crippen LogP contribution in [0.2, 0.25) is 0 Å². The average Bonchev–Trinajstić information content (AvgIpc) is 2.27. The molecule has 0 radical (unpaired) electrons. The maximum Gasteiger partial charge on any atom is 0.241 e. The number of sulfone groups is 1. The minimum absolute atomic E-state index is 0.0973. The van der Waals surface area contributed by atoms with E-state index in [1.54, 1.807) is 18.2 Å². The van der Waals surface area contributed by atoms with Crippen LogP contribution in [0, 0.1) is 5.92 Å². The van der Waals surface area contributed by atoms with Crippen molar-refractivity contribution in [2.75, 3.05) is 11.6 Å². The van der Waals surface area contributed by atoms with E-state index in [0.717, 1.165) is 6.26 Å². The summed E-state index contributed by atoms with van der Waals surface area (Å²) in [4.78, 5) is 12.0. The third-order valence-electron chi connectivity index (χ3n) is 2.61. The highest BCUT2D eigenvalue weighted by atomic mass is 32.2. The third kappa shape index (κ3) is 4.65. The fourth-order valence-corrected chi connectivity index (χ4v) is 2.58. The fourth-order valence-electron chi connectivity index (χ4n) is 1.73. The Bertz CT molecular complexity index is 553. The topological polar surface area (TPSA) is 89.3 Å². The molecule has 1 atom stereocenters. The van der Waals surface area contributed by atoms with E-state index in [4.69, 9.17) is 5.73 Å². The molecule has 0 aliphatic heterocycles. The van der Waals surface area contributed by atoms with Crippen molar-refractivity contribution < 1.29 is 13.2 Å². The Labute approximate surface area is 114 Å². The van der Waals surface area contributed by atoms with Crippen molar-refractivity contribution >= 4 is 21.4 Å². The molecule has 1 aromatic rings. The second kappa shape index (κ2) is 6.16. The predicted molar refractivity (Wildman–Crippen MR) is 75.6 cm³/mol. The van der Waals surface area contributed by atoms with Crippen molar-refractivity contribution in [3.05, 3.63) is 24.3 Å². The zero-order chi connectivity index (χ0) is 14.6. The Balaban J connectivity index is 2.92. The van der Waals surface area contributed by atoms with Gasteiger partial charge in [0.05, 0.1) is 16.6 Å². The largest absolute Gasteiger partial charge is 0.324 e. The number of rotatable bonds is 5. The summed E-state index contributed by atoms with van der Waals surface area (Å²) in [6, 6.07) is 5.64. The summed E-state index contributed by atoms with van der Waals surface area (Å²) in [5.41, 5.74) is 6.04. The molecule has 0 aliphatic rings. The van der Waals surface area contributed by atoms with Crippen LogP contribution in [0.25, 0.3) is 0 Å². The van der Waals surface area contributed by atoms with Crippen molar-refractivity contribution in [2.45, 2.75) is 31.2 Å². The monoisotopic (exact) mass is 284 g/mol. The number of hydrogen-bond acceptors (Lipinski definition) is 4. The zero-order valence-corrected chi connectivity index (χ0v) is 12.2. The lowest BCUT2D eigenvalue weighted by atomic mass is 10.0. The van der Waals surface area contributed by atoms with Gasteiger partial charge in [0.25, 0.3) is 0 Å². The summed E-state index contributed by atoms with van der Waals surface area (Å²) in [5, 5.41) is 2.58. The molecule has 19 heavy (non-hydrogen) atoms. The summed E-state index contributed by atoms with van der Waals surface area (Å²) < 4.78 is 23.2. The standard InChI is InChI=1S/C13H20N2O3S/c1-9(2)8-10(14)13(16)15-11-6-4-5-7-12(11)19(3,17)18/h4-7,9-10H,8,14H2,1-3H3,(H,15,16). The highest BCUT2D eigenvalue weighted by Crippen LogP contribution is 2.20. The Kier molecular flexibility index (Phi) is 5.08. The second-order valence-corrected chi connectivity index (χ2v) is 6.98. The molecule has 0 heterocycles. The highest BCUT2D eigenvalue weighted by molar-refractivity contribution is 7.90. The van der Waals surface area contributed by atoms with Crippen LogP contribution in [-0.4, -0.2) is 26.6 Å². The van der Waals surface area contributed by atoms with E-state index in [1.165, 1.54) is 6.07 Å². The fraction of sp³-hybridized carbons (Fsp3) is 0.462. The molecule has 1 rings (SSSR count). The molecular weight excluding hydrogens is 264 g/mol. The predicted octanol–water partition coefficient (Wildman–Crippen LogP) is 1.40. The van der Waals surface area contributed by atoms with Gasteiger partial charge in [-0.3, -0.25) is 4.79 Å². The molecule has 0 aliphatic carbocycles. The van der Waals surface area contributed by atoms with Gasteiger partial charge in [-0.25, -0.2) is 8.42 Å². The van der Waals surface area contributed by atoms with E-state index in [9.17, 15) is 13.2 Å². The van der Waals surface area contributed by atoms with Gasteiger partial charge in [-0.05, 0) is 24.5 Å². The van der Waals surface area contributed by atoms with E-state index >= 15 is 0 Å². The second-order valence-electron chi connectivity index (χ2n) is 4.99. The smallest absolute Gasteiger partial charge is 0.241 e. The van der Waals surface area contributed by atoms with Crippen LogP contribution in [0.1, 0.15) is 20.3 Å². The maximum atomic E-state index is 11.9. The Morgan fingerprint density at radius 1 is 1.32 bits per heavy atom. The number of nitrogens with two attached hydrogens (primary N) is 1. The van der Waals surface area contributed by atoms with Gasteiger partial charge in [-0.15, -0.1) is 0 Å². The number of hydrogen-bond donors (Lipinski definition) is 2. The molecule has 6 heteroatoms. The van der Waals surface area contributed by atoms with Crippen molar-refractivity contribution in [3.63, 3.8) is 0 Å². The first-order valence-corrected chi connectivity index (χ1v) is 7.96. The number of amides is 1. The molecule has 1 amide bonds.